The Morgan fingerprint density at radius 3 is 2.67 bits per heavy atom. The van der Waals surface area contributed by atoms with Crippen molar-refractivity contribution in [2.45, 2.75) is 12.1 Å². The Morgan fingerprint density at radius 1 is 1.17 bits per heavy atom. The Kier molecular flexibility index (Phi) is 5.58. The van der Waals surface area contributed by atoms with Crippen LogP contribution in [0.25, 0.3) is 16.7 Å². The number of aryl methyl sites for hydroxylation is 1. The van der Waals surface area contributed by atoms with Crippen LogP contribution < -0.4 is 15.6 Å². The van der Waals surface area contributed by atoms with Crippen LogP contribution in [0, 0.1) is 6.92 Å². The number of thioether (sulfide) groups is 1. The second kappa shape index (κ2) is 8.46. The summed E-state index contributed by atoms with van der Waals surface area (Å²) in [4.78, 5) is 33.4. The fourth-order valence-corrected chi connectivity index (χ4v) is 3.96. The number of aromatic amines is 1. The highest BCUT2D eigenvalue weighted by Gasteiger charge is 2.16. The van der Waals surface area contributed by atoms with Gasteiger partial charge in [-0.25, -0.2) is 4.98 Å². The number of amides is 1. The number of H-pyrrole nitrogens is 1. The molecule has 2 N–H and O–H groups in total. The lowest BCUT2D eigenvalue weighted by Gasteiger charge is -2.12. The molecular weight excluding hydrogens is 400 g/mol. The molecule has 0 spiro atoms. The largest absolute Gasteiger partial charge is 0.495 e. The molecule has 8 heteroatoms. The van der Waals surface area contributed by atoms with Crippen LogP contribution in [-0.2, 0) is 4.79 Å². The van der Waals surface area contributed by atoms with Gasteiger partial charge >= 0.3 is 0 Å². The van der Waals surface area contributed by atoms with Gasteiger partial charge in [-0.15, -0.1) is 0 Å². The molecule has 0 unspecified atom stereocenters. The van der Waals surface area contributed by atoms with Gasteiger partial charge in [-0.3, -0.25) is 14.2 Å². The predicted octanol–water partition coefficient (Wildman–Crippen LogP) is 3.76. The first-order chi connectivity index (χ1) is 14.6. The molecule has 0 radical (unpaired) electrons. The summed E-state index contributed by atoms with van der Waals surface area (Å²) >= 11 is 1.21. The SMILES string of the molecule is COc1ccccc1NC(=O)CSc1nc2cc(C)[nH]c2c(=O)n1-c1ccccc1. The normalized spacial score (nSPS) is 10.9. The molecule has 2 heterocycles. The molecule has 7 nitrogen and oxygen atoms in total. The Labute approximate surface area is 177 Å². The van der Waals surface area contributed by atoms with Crippen molar-refractivity contribution in [3.63, 3.8) is 0 Å². The Balaban J connectivity index is 1.65. The maximum Gasteiger partial charge on any atom is 0.283 e. The standard InChI is InChI=1S/C22H20N4O3S/c1-14-12-17-20(23-14)21(28)26(15-8-4-3-5-9-15)22(25-17)30-13-19(27)24-16-10-6-7-11-18(16)29-2/h3-12,23H,13H2,1-2H3,(H,24,27). The van der Waals surface area contributed by atoms with Crippen LogP contribution in [0.4, 0.5) is 5.69 Å². The molecule has 2 aromatic carbocycles. The fourth-order valence-electron chi connectivity index (χ4n) is 3.14. The summed E-state index contributed by atoms with van der Waals surface area (Å²) in [6, 6.07) is 18.3. The number of carbonyl (C=O) groups excluding carboxylic acids is 1. The molecule has 0 saturated heterocycles. The molecule has 4 rings (SSSR count). The van der Waals surface area contributed by atoms with E-state index in [2.05, 4.69) is 15.3 Å². The van der Waals surface area contributed by atoms with E-state index < -0.39 is 0 Å². The minimum atomic E-state index is -0.219. The monoisotopic (exact) mass is 420 g/mol. The Hall–Kier alpha value is -3.52. The van der Waals surface area contributed by atoms with Crippen LogP contribution in [-0.4, -0.2) is 33.3 Å². The van der Waals surface area contributed by atoms with Gasteiger partial charge in [0.05, 0.1) is 29.8 Å². The first-order valence-corrected chi connectivity index (χ1v) is 10.3. The van der Waals surface area contributed by atoms with E-state index in [1.54, 1.807) is 19.2 Å². The third-order valence-corrected chi connectivity index (χ3v) is 5.42. The van der Waals surface area contributed by atoms with Crippen molar-refractivity contribution in [3.8, 4) is 11.4 Å². The molecular formula is C22H20N4O3S. The van der Waals surface area contributed by atoms with Crippen LogP contribution in [0.15, 0.2) is 70.6 Å². The second-order valence-corrected chi connectivity index (χ2v) is 7.56. The van der Waals surface area contributed by atoms with Crippen molar-refractivity contribution >= 4 is 34.4 Å². The highest BCUT2D eigenvalue weighted by molar-refractivity contribution is 7.99. The summed E-state index contributed by atoms with van der Waals surface area (Å²) < 4.78 is 6.80. The lowest BCUT2D eigenvalue weighted by atomic mass is 10.3. The average molecular weight is 420 g/mol. The van der Waals surface area contributed by atoms with Crippen LogP contribution in [0.3, 0.4) is 0 Å². The Morgan fingerprint density at radius 2 is 1.90 bits per heavy atom. The highest BCUT2D eigenvalue weighted by atomic mass is 32.2. The van der Waals surface area contributed by atoms with Crippen molar-refractivity contribution in [3.05, 3.63) is 76.7 Å². The van der Waals surface area contributed by atoms with Gasteiger partial charge in [0, 0.05) is 5.69 Å². The van der Waals surface area contributed by atoms with Crippen molar-refractivity contribution in [1.82, 2.24) is 14.5 Å². The van der Waals surface area contributed by atoms with E-state index in [9.17, 15) is 9.59 Å². The number of carbonyl (C=O) groups is 1. The summed E-state index contributed by atoms with van der Waals surface area (Å²) in [5.41, 5.74) is 2.96. The maximum atomic E-state index is 13.1. The summed E-state index contributed by atoms with van der Waals surface area (Å²) in [5.74, 6) is 0.453. The lowest BCUT2D eigenvalue weighted by molar-refractivity contribution is -0.113. The first kappa shape index (κ1) is 19.8. The van der Waals surface area contributed by atoms with Crippen molar-refractivity contribution in [1.29, 1.82) is 0 Å². The van der Waals surface area contributed by atoms with Gasteiger partial charge in [-0.1, -0.05) is 42.1 Å². The molecule has 0 aliphatic heterocycles. The molecule has 0 aliphatic carbocycles. The topological polar surface area (TPSA) is 89.0 Å². The number of aromatic nitrogens is 3. The number of nitrogens with one attached hydrogen (secondary N) is 2. The van der Waals surface area contributed by atoms with Crippen LogP contribution >= 0.6 is 11.8 Å². The van der Waals surface area contributed by atoms with E-state index in [0.29, 0.717) is 33.3 Å². The Bertz CT molecular complexity index is 1260. The molecule has 152 valence electrons. The summed E-state index contributed by atoms with van der Waals surface area (Å²) in [6.45, 7) is 1.88. The molecule has 0 saturated carbocycles. The van der Waals surface area contributed by atoms with Crippen LogP contribution in [0.1, 0.15) is 5.69 Å². The molecule has 0 bridgehead atoms. The number of nitrogens with zero attached hydrogens (tertiary/aromatic N) is 2. The number of fused-ring (bicyclic) bond motifs is 1. The zero-order valence-electron chi connectivity index (χ0n) is 16.5. The number of methoxy groups -OCH3 is 1. The van der Waals surface area contributed by atoms with E-state index in [-0.39, 0.29) is 17.2 Å². The number of hydrogen-bond donors (Lipinski definition) is 2. The second-order valence-electron chi connectivity index (χ2n) is 6.62. The molecule has 30 heavy (non-hydrogen) atoms. The molecule has 0 fully saturated rings. The molecule has 0 aliphatic rings. The molecule has 4 aromatic rings. The van der Waals surface area contributed by atoms with Gasteiger partial charge < -0.3 is 15.0 Å². The van der Waals surface area contributed by atoms with E-state index in [1.165, 1.54) is 16.3 Å². The number of ether oxygens (including phenoxy) is 1. The van der Waals surface area contributed by atoms with Gasteiger partial charge in [0.25, 0.3) is 5.56 Å². The van der Waals surface area contributed by atoms with Gasteiger partial charge in [-0.05, 0) is 37.3 Å². The van der Waals surface area contributed by atoms with Gasteiger partial charge in [-0.2, -0.15) is 0 Å². The maximum absolute atomic E-state index is 13.1. The molecule has 2 aromatic heterocycles. The number of benzene rings is 2. The minimum absolute atomic E-state index is 0.0895. The van der Waals surface area contributed by atoms with E-state index in [4.69, 9.17) is 4.74 Å². The zero-order valence-corrected chi connectivity index (χ0v) is 17.3. The summed E-state index contributed by atoms with van der Waals surface area (Å²) in [5, 5.41) is 3.29. The molecule has 1 amide bonds. The van der Waals surface area contributed by atoms with E-state index >= 15 is 0 Å². The van der Waals surface area contributed by atoms with Gasteiger partial charge in [0.2, 0.25) is 5.91 Å². The number of anilines is 1. The third-order valence-electron chi connectivity index (χ3n) is 4.48. The quantitative estimate of drug-likeness (QED) is 0.366. The smallest absolute Gasteiger partial charge is 0.283 e. The fraction of sp³-hybridized carbons (Fsp3) is 0.136. The number of para-hydroxylation sites is 3. The molecule has 0 atom stereocenters. The number of rotatable bonds is 6. The number of hydrogen-bond acceptors (Lipinski definition) is 5. The van der Waals surface area contributed by atoms with Crippen molar-refractivity contribution < 1.29 is 9.53 Å². The van der Waals surface area contributed by atoms with Crippen molar-refractivity contribution in [2.75, 3.05) is 18.2 Å². The van der Waals surface area contributed by atoms with E-state index in [0.717, 1.165) is 5.69 Å². The highest BCUT2D eigenvalue weighted by Crippen LogP contribution is 2.25. The summed E-state index contributed by atoms with van der Waals surface area (Å²) in [7, 11) is 1.55. The summed E-state index contributed by atoms with van der Waals surface area (Å²) in [6.07, 6.45) is 0. The van der Waals surface area contributed by atoms with Gasteiger partial charge in [0.15, 0.2) is 5.16 Å². The zero-order chi connectivity index (χ0) is 21.1. The van der Waals surface area contributed by atoms with Crippen molar-refractivity contribution in [2.24, 2.45) is 0 Å². The third kappa shape index (κ3) is 3.95. The predicted molar refractivity (Wildman–Crippen MR) is 119 cm³/mol. The lowest BCUT2D eigenvalue weighted by Crippen LogP contribution is -2.23. The minimum Gasteiger partial charge on any atom is -0.495 e. The van der Waals surface area contributed by atoms with Crippen LogP contribution in [0.2, 0.25) is 0 Å². The van der Waals surface area contributed by atoms with Gasteiger partial charge in [0.1, 0.15) is 11.3 Å². The van der Waals surface area contributed by atoms with E-state index in [1.807, 2.05) is 55.5 Å². The first-order valence-electron chi connectivity index (χ1n) is 9.30. The average Bonchev–Trinajstić information content (AvgIpc) is 3.14. The van der Waals surface area contributed by atoms with Crippen LogP contribution in [0.5, 0.6) is 5.75 Å².